The average molecular weight is 602 g/mol. The SMILES string of the molecule is CCCCNc1ncc2c(-c3ccc(C(=O)NC(C(=O)Nc4ccc(F)cc4)C(C)C)cc3)nn(C3CCC(O)CC3)c2n1. The fraction of sp³-hybridized carbons (Fsp3) is 0.424. The monoisotopic (exact) mass is 601 g/mol. The summed E-state index contributed by atoms with van der Waals surface area (Å²) >= 11 is 0. The summed E-state index contributed by atoms with van der Waals surface area (Å²) in [4.78, 5) is 35.5. The number of hydrogen-bond donors (Lipinski definition) is 4. The summed E-state index contributed by atoms with van der Waals surface area (Å²) in [6.07, 6.45) is 6.65. The first kappa shape index (κ1) is 31.1. The Hall–Kier alpha value is -4.38. The number of unbranched alkanes of at least 4 members (excludes halogenated alkanes) is 1. The van der Waals surface area contributed by atoms with Gasteiger partial charge >= 0.3 is 0 Å². The lowest BCUT2D eigenvalue weighted by molar-refractivity contribution is -0.118. The number of nitrogens with one attached hydrogen (secondary N) is 3. The number of anilines is 2. The highest BCUT2D eigenvalue weighted by Crippen LogP contribution is 2.34. The molecule has 0 radical (unpaired) electrons. The number of aromatic nitrogens is 4. The first-order valence-corrected chi connectivity index (χ1v) is 15.4. The van der Waals surface area contributed by atoms with E-state index in [9.17, 15) is 19.1 Å². The minimum atomic E-state index is -0.793. The van der Waals surface area contributed by atoms with E-state index in [4.69, 9.17) is 10.1 Å². The lowest BCUT2D eigenvalue weighted by Gasteiger charge is -2.25. The predicted molar refractivity (Wildman–Crippen MR) is 169 cm³/mol. The molecule has 10 nitrogen and oxygen atoms in total. The second kappa shape index (κ2) is 13.9. The van der Waals surface area contributed by atoms with Crippen LogP contribution in [-0.4, -0.2) is 55.4 Å². The van der Waals surface area contributed by atoms with Crippen molar-refractivity contribution in [3.63, 3.8) is 0 Å². The molecule has 1 saturated carbocycles. The van der Waals surface area contributed by atoms with Crippen LogP contribution in [0.1, 0.15) is 75.7 Å². The minimum Gasteiger partial charge on any atom is -0.393 e. The van der Waals surface area contributed by atoms with Gasteiger partial charge in [-0.05, 0) is 74.4 Å². The van der Waals surface area contributed by atoms with E-state index in [0.717, 1.165) is 67.4 Å². The standard InChI is InChI=1S/C33H40FN7O3/c1-4-5-18-35-33-36-19-27-29(40-41(30(27)39-33)25-14-16-26(42)17-15-25)21-6-8-22(9-7-21)31(43)38-28(20(2)3)32(44)37-24-12-10-23(34)11-13-24/h6-13,19-20,25-26,28,42H,4-5,14-18H2,1-3H3,(H,37,44)(H,38,43)(H,35,36,39). The number of carbonyl (C=O) groups is 2. The molecule has 232 valence electrons. The summed E-state index contributed by atoms with van der Waals surface area (Å²) in [6, 6.07) is 11.9. The van der Waals surface area contributed by atoms with Gasteiger partial charge in [0.05, 0.1) is 17.5 Å². The second-order valence-corrected chi connectivity index (χ2v) is 11.7. The fourth-order valence-electron chi connectivity index (χ4n) is 5.45. The smallest absolute Gasteiger partial charge is 0.251 e. The van der Waals surface area contributed by atoms with Gasteiger partial charge in [-0.1, -0.05) is 39.3 Å². The third-order valence-electron chi connectivity index (χ3n) is 8.04. The average Bonchev–Trinajstić information content (AvgIpc) is 3.40. The number of aliphatic hydroxyl groups is 1. The molecule has 1 unspecified atom stereocenters. The van der Waals surface area contributed by atoms with E-state index in [2.05, 4.69) is 27.9 Å². The minimum absolute atomic E-state index is 0.118. The highest BCUT2D eigenvalue weighted by atomic mass is 19.1. The number of hydrogen-bond acceptors (Lipinski definition) is 7. The molecule has 1 fully saturated rings. The third-order valence-corrected chi connectivity index (χ3v) is 8.04. The molecule has 1 atom stereocenters. The van der Waals surface area contributed by atoms with Crippen molar-refractivity contribution in [2.75, 3.05) is 17.2 Å². The number of rotatable bonds is 11. The fourth-order valence-corrected chi connectivity index (χ4v) is 5.45. The molecular formula is C33H40FN7O3. The quantitative estimate of drug-likeness (QED) is 0.162. The highest BCUT2D eigenvalue weighted by molar-refractivity contribution is 6.01. The van der Waals surface area contributed by atoms with Crippen molar-refractivity contribution in [1.82, 2.24) is 25.1 Å². The summed E-state index contributed by atoms with van der Waals surface area (Å²) in [5, 5.41) is 24.7. The van der Waals surface area contributed by atoms with Crippen LogP contribution in [0.3, 0.4) is 0 Å². The van der Waals surface area contributed by atoms with Crippen molar-refractivity contribution >= 4 is 34.5 Å². The number of benzene rings is 2. The van der Waals surface area contributed by atoms with Crippen molar-refractivity contribution in [3.8, 4) is 11.3 Å². The van der Waals surface area contributed by atoms with Crippen LogP contribution in [0.25, 0.3) is 22.3 Å². The van der Waals surface area contributed by atoms with E-state index >= 15 is 0 Å². The lowest BCUT2D eigenvalue weighted by Crippen LogP contribution is -2.47. The molecule has 44 heavy (non-hydrogen) atoms. The van der Waals surface area contributed by atoms with Crippen molar-refractivity contribution < 1.29 is 19.1 Å². The largest absolute Gasteiger partial charge is 0.393 e. The molecule has 2 aromatic carbocycles. The second-order valence-electron chi connectivity index (χ2n) is 11.7. The summed E-state index contributed by atoms with van der Waals surface area (Å²) in [6.45, 7) is 6.61. The molecule has 0 bridgehead atoms. The first-order valence-electron chi connectivity index (χ1n) is 15.4. The number of carbonyl (C=O) groups excluding carboxylic acids is 2. The molecule has 0 aliphatic heterocycles. The van der Waals surface area contributed by atoms with Crippen molar-refractivity contribution in [1.29, 1.82) is 0 Å². The lowest BCUT2D eigenvalue weighted by atomic mass is 9.93. The Morgan fingerprint density at radius 2 is 1.75 bits per heavy atom. The van der Waals surface area contributed by atoms with E-state index in [1.54, 1.807) is 18.3 Å². The van der Waals surface area contributed by atoms with Gasteiger partial charge in [0.15, 0.2) is 5.65 Å². The molecule has 2 heterocycles. The van der Waals surface area contributed by atoms with Crippen LogP contribution >= 0.6 is 0 Å². The molecule has 2 aromatic heterocycles. The summed E-state index contributed by atoms with van der Waals surface area (Å²) in [7, 11) is 0. The van der Waals surface area contributed by atoms with Crippen LogP contribution < -0.4 is 16.0 Å². The Labute approximate surface area is 256 Å². The van der Waals surface area contributed by atoms with Crippen LogP contribution in [0.4, 0.5) is 16.0 Å². The number of fused-ring (bicyclic) bond motifs is 1. The molecule has 11 heteroatoms. The Morgan fingerprint density at radius 3 is 2.41 bits per heavy atom. The van der Waals surface area contributed by atoms with Crippen LogP contribution in [-0.2, 0) is 4.79 Å². The topological polar surface area (TPSA) is 134 Å². The maximum absolute atomic E-state index is 13.3. The van der Waals surface area contributed by atoms with Gasteiger partial charge in [0.1, 0.15) is 17.6 Å². The number of halogens is 1. The third kappa shape index (κ3) is 7.21. The zero-order chi connectivity index (χ0) is 31.2. The molecule has 1 aliphatic carbocycles. The van der Waals surface area contributed by atoms with Crippen LogP contribution in [0.15, 0.2) is 54.7 Å². The van der Waals surface area contributed by atoms with Gasteiger partial charge in [-0.25, -0.2) is 14.1 Å². The summed E-state index contributed by atoms with van der Waals surface area (Å²) in [5.74, 6) is -0.787. The molecule has 4 N–H and O–H groups in total. The molecule has 4 aromatic rings. The van der Waals surface area contributed by atoms with Gasteiger partial charge < -0.3 is 21.1 Å². The maximum atomic E-state index is 13.3. The van der Waals surface area contributed by atoms with Gasteiger partial charge in [-0.2, -0.15) is 10.1 Å². The maximum Gasteiger partial charge on any atom is 0.251 e. The van der Waals surface area contributed by atoms with E-state index in [1.807, 2.05) is 30.7 Å². The van der Waals surface area contributed by atoms with E-state index in [-0.39, 0.29) is 29.9 Å². The zero-order valence-corrected chi connectivity index (χ0v) is 25.4. The van der Waals surface area contributed by atoms with Gasteiger partial charge in [0.25, 0.3) is 5.91 Å². The number of aliphatic hydroxyl groups excluding tert-OH is 1. The zero-order valence-electron chi connectivity index (χ0n) is 25.4. The number of amides is 2. The van der Waals surface area contributed by atoms with Crippen molar-refractivity contribution in [2.24, 2.45) is 5.92 Å². The van der Waals surface area contributed by atoms with Crippen molar-refractivity contribution in [2.45, 2.75) is 77.5 Å². The van der Waals surface area contributed by atoms with Gasteiger partial charge in [-0.3, -0.25) is 9.59 Å². The van der Waals surface area contributed by atoms with Crippen LogP contribution in [0.2, 0.25) is 0 Å². The molecule has 0 spiro atoms. The Balaban J connectivity index is 1.36. The summed E-state index contributed by atoms with van der Waals surface area (Å²) < 4.78 is 15.2. The molecular weight excluding hydrogens is 561 g/mol. The summed E-state index contributed by atoms with van der Waals surface area (Å²) in [5.41, 5.74) is 3.12. The van der Waals surface area contributed by atoms with Crippen LogP contribution in [0.5, 0.6) is 0 Å². The number of nitrogens with zero attached hydrogens (tertiary/aromatic N) is 4. The van der Waals surface area contributed by atoms with E-state index in [0.29, 0.717) is 17.2 Å². The van der Waals surface area contributed by atoms with Gasteiger partial charge in [0.2, 0.25) is 11.9 Å². The molecule has 5 rings (SSSR count). The normalized spacial score (nSPS) is 17.4. The molecule has 2 amide bonds. The molecule has 0 saturated heterocycles. The van der Waals surface area contributed by atoms with Crippen molar-refractivity contribution in [3.05, 3.63) is 66.1 Å². The Bertz CT molecular complexity index is 1580. The first-order chi connectivity index (χ1) is 21.2. The van der Waals surface area contributed by atoms with Gasteiger partial charge in [0, 0.05) is 29.6 Å². The van der Waals surface area contributed by atoms with E-state index < -0.39 is 11.9 Å². The molecule has 1 aliphatic rings. The van der Waals surface area contributed by atoms with Crippen LogP contribution in [0, 0.1) is 11.7 Å². The predicted octanol–water partition coefficient (Wildman–Crippen LogP) is 5.71. The Kier molecular flexibility index (Phi) is 9.84. The van der Waals surface area contributed by atoms with Gasteiger partial charge in [-0.15, -0.1) is 0 Å². The highest BCUT2D eigenvalue weighted by Gasteiger charge is 2.27. The Morgan fingerprint density at radius 1 is 1.05 bits per heavy atom. The van der Waals surface area contributed by atoms with E-state index in [1.165, 1.54) is 24.3 Å².